The molecule has 0 N–H and O–H groups in total. The minimum absolute atomic E-state index is 0.244. The fourth-order valence-corrected chi connectivity index (χ4v) is 2.19. The van der Waals surface area contributed by atoms with E-state index in [0.717, 1.165) is 11.3 Å². The molecule has 0 saturated carbocycles. The average molecular weight is 326 g/mol. The van der Waals surface area contributed by atoms with Crippen LogP contribution >= 0.6 is 15.9 Å². The van der Waals surface area contributed by atoms with Crippen LogP contribution in [0, 0.1) is 12.7 Å². The summed E-state index contributed by atoms with van der Waals surface area (Å²) in [6, 6.07) is 5.88. The number of hydrogen-bond acceptors (Lipinski definition) is 2. The topological polar surface area (TPSA) is 33.5 Å². The van der Waals surface area contributed by atoms with Crippen LogP contribution in [0.3, 0.4) is 0 Å². The maximum atomic E-state index is 13.2. The molecular formula is C14H13BrFNO2. The molecule has 19 heavy (non-hydrogen) atoms. The van der Waals surface area contributed by atoms with Gasteiger partial charge in [0, 0.05) is 23.6 Å². The molecule has 0 aliphatic rings. The number of carbonyl (C=O) groups excluding carboxylic acids is 1. The predicted octanol–water partition coefficient (Wildman–Crippen LogP) is 3.76. The van der Waals surface area contributed by atoms with Crippen molar-refractivity contribution in [3.8, 4) is 0 Å². The number of amides is 1. The van der Waals surface area contributed by atoms with E-state index in [-0.39, 0.29) is 5.91 Å². The van der Waals surface area contributed by atoms with Gasteiger partial charge in [0.15, 0.2) is 0 Å². The van der Waals surface area contributed by atoms with Gasteiger partial charge in [0.1, 0.15) is 11.6 Å². The lowest BCUT2D eigenvalue weighted by atomic mass is 10.2. The maximum Gasteiger partial charge on any atom is 0.255 e. The lowest BCUT2D eigenvalue weighted by Crippen LogP contribution is -2.26. The van der Waals surface area contributed by atoms with Gasteiger partial charge in [-0.15, -0.1) is 0 Å². The Kier molecular flexibility index (Phi) is 4.04. The van der Waals surface area contributed by atoms with Gasteiger partial charge in [-0.2, -0.15) is 0 Å². The molecule has 1 amide bonds. The summed E-state index contributed by atoms with van der Waals surface area (Å²) in [4.78, 5) is 13.8. The SMILES string of the molecule is Cc1occc1CN(C)C(=O)c1cc(F)ccc1Br. The van der Waals surface area contributed by atoms with Gasteiger partial charge in [-0.25, -0.2) is 4.39 Å². The Morgan fingerprint density at radius 3 is 2.79 bits per heavy atom. The van der Waals surface area contributed by atoms with Crippen LogP contribution in [-0.4, -0.2) is 17.9 Å². The highest BCUT2D eigenvalue weighted by molar-refractivity contribution is 9.10. The van der Waals surface area contributed by atoms with E-state index < -0.39 is 5.82 Å². The van der Waals surface area contributed by atoms with E-state index in [1.165, 1.54) is 23.1 Å². The first-order valence-corrected chi connectivity index (χ1v) is 6.52. The summed E-state index contributed by atoms with van der Waals surface area (Å²) >= 11 is 3.26. The molecule has 2 aromatic rings. The zero-order valence-electron chi connectivity index (χ0n) is 10.6. The summed E-state index contributed by atoms with van der Waals surface area (Å²) in [5, 5.41) is 0. The third kappa shape index (κ3) is 3.04. The third-order valence-corrected chi connectivity index (χ3v) is 3.57. The van der Waals surface area contributed by atoms with Gasteiger partial charge in [-0.3, -0.25) is 4.79 Å². The highest BCUT2D eigenvalue weighted by Gasteiger charge is 2.17. The summed E-state index contributed by atoms with van der Waals surface area (Å²) in [5.41, 5.74) is 1.24. The summed E-state index contributed by atoms with van der Waals surface area (Å²) in [6.45, 7) is 2.26. The predicted molar refractivity (Wildman–Crippen MR) is 73.3 cm³/mol. The Morgan fingerprint density at radius 1 is 1.42 bits per heavy atom. The fourth-order valence-electron chi connectivity index (χ4n) is 1.77. The number of rotatable bonds is 3. The van der Waals surface area contributed by atoms with E-state index >= 15 is 0 Å². The molecule has 1 aromatic carbocycles. The Morgan fingerprint density at radius 2 is 2.16 bits per heavy atom. The van der Waals surface area contributed by atoms with Crippen LogP contribution in [-0.2, 0) is 6.54 Å². The van der Waals surface area contributed by atoms with Gasteiger partial charge < -0.3 is 9.32 Å². The van der Waals surface area contributed by atoms with Crippen molar-refractivity contribution in [3.05, 3.63) is 57.7 Å². The van der Waals surface area contributed by atoms with Crippen molar-refractivity contribution in [2.75, 3.05) is 7.05 Å². The van der Waals surface area contributed by atoms with Crippen LogP contribution in [0.2, 0.25) is 0 Å². The van der Waals surface area contributed by atoms with Gasteiger partial charge in [0.05, 0.1) is 11.8 Å². The van der Waals surface area contributed by atoms with Crippen LogP contribution in [0.15, 0.2) is 39.4 Å². The average Bonchev–Trinajstić information content (AvgIpc) is 2.77. The van der Waals surface area contributed by atoms with Crippen LogP contribution < -0.4 is 0 Å². The molecule has 0 saturated heterocycles. The summed E-state index contributed by atoms with van der Waals surface area (Å²) in [7, 11) is 1.67. The Balaban J connectivity index is 2.19. The Hall–Kier alpha value is -1.62. The normalized spacial score (nSPS) is 10.5. The lowest BCUT2D eigenvalue weighted by molar-refractivity contribution is 0.0783. The minimum Gasteiger partial charge on any atom is -0.469 e. The molecule has 1 heterocycles. The second-order valence-corrected chi connectivity index (χ2v) is 5.14. The summed E-state index contributed by atoms with van der Waals surface area (Å²) in [6.07, 6.45) is 1.58. The fraction of sp³-hybridized carbons (Fsp3) is 0.214. The molecule has 0 atom stereocenters. The second-order valence-electron chi connectivity index (χ2n) is 4.29. The Labute approximate surface area is 119 Å². The van der Waals surface area contributed by atoms with Crippen molar-refractivity contribution in [2.24, 2.45) is 0 Å². The zero-order valence-corrected chi connectivity index (χ0v) is 12.2. The van der Waals surface area contributed by atoms with Crippen molar-refractivity contribution in [1.29, 1.82) is 0 Å². The van der Waals surface area contributed by atoms with E-state index in [1.807, 2.05) is 13.0 Å². The van der Waals surface area contributed by atoms with Crippen molar-refractivity contribution < 1.29 is 13.6 Å². The zero-order chi connectivity index (χ0) is 14.0. The first-order chi connectivity index (χ1) is 8.99. The van der Waals surface area contributed by atoms with E-state index in [4.69, 9.17) is 4.42 Å². The summed E-state index contributed by atoms with van der Waals surface area (Å²) in [5.74, 6) is 0.101. The molecule has 0 bridgehead atoms. The molecule has 1 aromatic heterocycles. The van der Waals surface area contributed by atoms with Gasteiger partial charge in [-0.05, 0) is 47.1 Å². The Bertz CT molecular complexity index is 609. The molecule has 100 valence electrons. The van der Waals surface area contributed by atoms with Crippen molar-refractivity contribution >= 4 is 21.8 Å². The number of aryl methyl sites for hydroxylation is 1. The van der Waals surface area contributed by atoms with Crippen LogP contribution in [0.25, 0.3) is 0 Å². The molecule has 3 nitrogen and oxygen atoms in total. The van der Waals surface area contributed by atoms with Gasteiger partial charge in [0.25, 0.3) is 5.91 Å². The second kappa shape index (κ2) is 5.57. The molecular weight excluding hydrogens is 313 g/mol. The molecule has 0 spiro atoms. The molecule has 0 aliphatic heterocycles. The van der Waals surface area contributed by atoms with Crippen molar-refractivity contribution in [1.82, 2.24) is 4.90 Å². The molecule has 0 aliphatic carbocycles. The van der Waals surface area contributed by atoms with Crippen molar-refractivity contribution in [3.63, 3.8) is 0 Å². The number of furan rings is 1. The summed E-state index contributed by atoms with van der Waals surface area (Å²) < 4.78 is 19.0. The molecule has 5 heteroatoms. The number of nitrogens with zero attached hydrogens (tertiary/aromatic N) is 1. The van der Waals surface area contributed by atoms with Gasteiger partial charge >= 0.3 is 0 Å². The maximum absolute atomic E-state index is 13.2. The first kappa shape index (κ1) is 13.8. The first-order valence-electron chi connectivity index (χ1n) is 5.72. The number of carbonyl (C=O) groups is 1. The van der Waals surface area contributed by atoms with E-state index in [9.17, 15) is 9.18 Å². The number of hydrogen-bond donors (Lipinski definition) is 0. The molecule has 0 unspecified atom stereocenters. The van der Waals surface area contributed by atoms with Crippen LogP contribution in [0.4, 0.5) is 4.39 Å². The van der Waals surface area contributed by atoms with E-state index in [2.05, 4.69) is 15.9 Å². The lowest BCUT2D eigenvalue weighted by Gasteiger charge is -2.17. The van der Waals surface area contributed by atoms with Crippen LogP contribution in [0.5, 0.6) is 0 Å². The smallest absolute Gasteiger partial charge is 0.255 e. The van der Waals surface area contributed by atoms with E-state index in [0.29, 0.717) is 16.6 Å². The number of benzene rings is 1. The van der Waals surface area contributed by atoms with Gasteiger partial charge in [-0.1, -0.05) is 0 Å². The largest absolute Gasteiger partial charge is 0.469 e. The minimum atomic E-state index is -0.431. The third-order valence-electron chi connectivity index (χ3n) is 2.88. The molecule has 2 rings (SSSR count). The number of halogens is 2. The monoisotopic (exact) mass is 325 g/mol. The molecule has 0 fully saturated rings. The van der Waals surface area contributed by atoms with Crippen molar-refractivity contribution in [2.45, 2.75) is 13.5 Å². The van der Waals surface area contributed by atoms with E-state index in [1.54, 1.807) is 13.3 Å². The highest BCUT2D eigenvalue weighted by atomic mass is 79.9. The highest BCUT2D eigenvalue weighted by Crippen LogP contribution is 2.20. The standard InChI is InChI=1S/C14H13BrFNO2/c1-9-10(5-6-19-9)8-17(2)14(18)12-7-11(16)3-4-13(12)15/h3-7H,8H2,1-2H3. The quantitative estimate of drug-likeness (QED) is 0.860. The van der Waals surface area contributed by atoms with Crippen LogP contribution in [0.1, 0.15) is 21.7 Å². The molecule has 0 radical (unpaired) electrons. The van der Waals surface area contributed by atoms with Gasteiger partial charge in [0.2, 0.25) is 0 Å².